The molecule has 0 bridgehead atoms. The van der Waals surface area contributed by atoms with Gasteiger partial charge in [0.2, 0.25) is 5.91 Å². The molecule has 0 heterocycles. The smallest absolute Gasteiger partial charge is 0.241 e. The number of nitrogens with two attached hydrogens (primary N) is 1. The van der Waals surface area contributed by atoms with Crippen LogP contribution in [0.4, 0.5) is 10.1 Å². The van der Waals surface area contributed by atoms with E-state index in [0.29, 0.717) is 5.69 Å². The van der Waals surface area contributed by atoms with Crippen LogP contribution in [0.25, 0.3) is 0 Å². The quantitative estimate of drug-likeness (QED) is 0.821. The van der Waals surface area contributed by atoms with Gasteiger partial charge in [-0.25, -0.2) is 4.39 Å². The van der Waals surface area contributed by atoms with Crippen LogP contribution >= 0.6 is 23.2 Å². The highest BCUT2D eigenvalue weighted by molar-refractivity contribution is 6.35. The molecular weight excluding hydrogens is 278 g/mol. The van der Waals surface area contributed by atoms with Gasteiger partial charge in [0.1, 0.15) is 0 Å². The van der Waals surface area contributed by atoms with Crippen molar-refractivity contribution >= 4 is 34.8 Å². The molecule has 0 aliphatic carbocycles. The van der Waals surface area contributed by atoms with E-state index < -0.39 is 11.9 Å². The summed E-state index contributed by atoms with van der Waals surface area (Å²) in [5.74, 6) is -1.09. The zero-order valence-electron chi connectivity index (χ0n) is 10.4. The number of carbonyl (C=O) groups excluding carboxylic acids is 1. The van der Waals surface area contributed by atoms with Gasteiger partial charge in [-0.15, -0.1) is 0 Å². The van der Waals surface area contributed by atoms with Crippen molar-refractivity contribution in [1.29, 1.82) is 0 Å². The number of carbonyl (C=O) groups is 1. The van der Waals surface area contributed by atoms with E-state index in [4.69, 9.17) is 28.9 Å². The molecule has 0 unspecified atom stereocenters. The Hall–Kier alpha value is -0.840. The summed E-state index contributed by atoms with van der Waals surface area (Å²) in [7, 11) is 0. The summed E-state index contributed by atoms with van der Waals surface area (Å²) >= 11 is 11.3. The minimum absolute atomic E-state index is 0.151. The van der Waals surface area contributed by atoms with Crippen LogP contribution in [0, 0.1) is 11.2 Å². The van der Waals surface area contributed by atoms with E-state index in [1.807, 2.05) is 20.8 Å². The third-order valence-corrected chi connectivity index (χ3v) is 3.02. The lowest BCUT2D eigenvalue weighted by molar-refractivity contribution is -0.119. The summed E-state index contributed by atoms with van der Waals surface area (Å²) in [4.78, 5) is 11.9. The molecule has 0 aliphatic heterocycles. The van der Waals surface area contributed by atoms with E-state index >= 15 is 0 Å². The minimum atomic E-state index is -0.712. The van der Waals surface area contributed by atoms with Crippen LogP contribution < -0.4 is 11.1 Å². The average Bonchev–Trinajstić information content (AvgIpc) is 2.23. The van der Waals surface area contributed by atoms with E-state index in [1.165, 1.54) is 12.1 Å². The number of hydrogen-bond donors (Lipinski definition) is 2. The number of amides is 1. The maximum Gasteiger partial charge on any atom is 0.241 e. The summed E-state index contributed by atoms with van der Waals surface area (Å²) in [6.45, 7) is 5.55. The van der Waals surface area contributed by atoms with Gasteiger partial charge < -0.3 is 11.1 Å². The van der Waals surface area contributed by atoms with Crippen molar-refractivity contribution < 1.29 is 9.18 Å². The van der Waals surface area contributed by atoms with Crippen molar-refractivity contribution in [2.45, 2.75) is 26.8 Å². The monoisotopic (exact) mass is 292 g/mol. The average molecular weight is 293 g/mol. The van der Waals surface area contributed by atoms with Crippen LogP contribution in [-0.2, 0) is 4.79 Å². The van der Waals surface area contributed by atoms with Crippen molar-refractivity contribution in [3.8, 4) is 0 Å². The topological polar surface area (TPSA) is 55.1 Å². The maximum atomic E-state index is 13.2. The molecule has 0 aliphatic rings. The first-order valence-electron chi connectivity index (χ1n) is 5.34. The summed E-state index contributed by atoms with van der Waals surface area (Å²) in [5, 5.41) is 2.26. The number of anilines is 1. The fourth-order valence-corrected chi connectivity index (χ4v) is 1.73. The van der Waals surface area contributed by atoms with Crippen molar-refractivity contribution in [2.24, 2.45) is 11.1 Å². The molecule has 0 saturated heterocycles. The molecule has 6 heteroatoms. The Bertz CT molecular complexity index is 449. The summed E-state index contributed by atoms with van der Waals surface area (Å²) in [6.07, 6.45) is 0. The van der Waals surface area contributed by atoms with Crippen LogP contribution in [0.3, 0.4) is 0 Å². The first-order chi connectivity index (χ1) is 8.12. The van der Waals surface area contributed by atoms with Crippen LogP contribution in [0.2, 0.25) is 10.0 Å². The van der Waals surface area contributed by atoms with Crippen LogP contribution in [0.15, 0.2) is 12.1 Å². The van der Waals surface area contributed by atoms with Crippen molar-refractivity contribution in [2.75, 3.05) is 5.32 Å². The normalized spacial score (nSPS) is 13.3. The van der Waals surface area contributed by atoms with Crippen molar-refractivity contribution in [3.63, 3.8) is 0 Å². The highest BCUT2D eigenvalue weighted by Crippen LogP contribution is 2.28. The molecule has 3 nitrogen and oxygen atoms in total. The summed E-state index contributed by atoms with van der Waals surface area (Å²) in [6, 6.07) is 1.88. The zero-order chi connectivity index (χ0) is 14.1. The van der Waals surface area contributed by atoms with Gasteiger partial charge in [-0.2, -0.15) is 0 Å². The lowest BCUT2D eigenvalue weighted by Crippen LogP contribution is -2.45. The predicted octanol–water partition coefficient (Wildman–Crippen LogP) is 3.44. The van der Waals surface area contributed by atoms with E-state index in [0.717, 1.165) is 0 Å². The molecule has 1 amide bonds. The molecule has 1 aromatic rings. The Morgan fingerprint density at radius 2 is 1.78 bits per heavy atom. The van der Waals surface area contributed by atoms with E-state index in [2.05, 4.69) is 5.32 Å². The van der Waals surface area contributed by atoms with Crippen molar-refractivity contribution in [3.05, 3.63) is 28.0 Å². The van der Waals surface area contributed by atoms with E-state index in [9.17, 15) is 9.18 Å². The molecule has 18 heavy (non-hydrogen) atoms. The Labute approximate surface area is 115 Å². The standard InChI is InChI=1S/C12H15Cl2FN2O/c1-12(2,3)10(16)11(18)17-6-4-7(13)9(15)8(14)5-6/h4-5,10H,16H2,1-3H3,(H,17,18)/t10-/m1/s1. The highest BCUT2D eigenvalue weighted by Gasteiger charge is 2.27. The molecule has 0 fully saturated rings. The molecule has 0 aromatic heterocycles. The Kier molecular flexibility index (Phi) is 4.59. The second-order valence-electron chi connectivity index (χ2n) is 5.09. The Morgan fingerprint density at radius 1 is 1.33 bits per heavy atom. The molecule has 0 radical (unpaired) electrons. The summed E-state index contributed by atoms with van der Waals surface area (Å²) in [5.41, 5.74) is 5.73. The van der Waals surface area contributed by atoms with Crippen LogP contribution in [-0.4, -0.2) is 11.9 Å². The maximum absolute atomic E-state index is 13.2. The fraction of sp³-hybridized carbons (Fsp3) is 0.417. The van der Waals surface area contributed by atoms with Gasteiger partial charge in [-0.05, 0) is 17.5 Å². The van der Waals surface area contributed by atoms with Crippen LogP contribution in [0.5, 0.6) is 0 Å². The Balaban J connectivity index is 2.90. The van der Waals surface area contributed by atoms with Gasteiger partial charge in [0, 0.05) is 5.69 Å². The van der Waals surface area contributed by atoms with Gasteiger partial charge >= 0.3 is 0 Å². The number of benzene rings is 1. The lowest BCUT2D eigenvalue weighted by atomic mass is 9.87. The molecular formula is C12H15Cl2FN2O. The second kappa shape index (κ2) is 5.43. The minimum Gasteiger partial charge on any atom is -0.325 e. The third-order valence-electron chi connectivity index (χ3n) is 2.47. The largest absolute Gasteiger partial charge is 0.325 e. The van der Waals surface area contributed by atoms with Crippen molar-refractivity contribution in [1.82, 2.24) is 0 Å². The molecule has 0 spiro atoms. The lowest BCUT2D eigenvalue weighted by Gasteiger charge is -2.25. The number of nitrogens with one attached hydrogen (secondary N) is 1. The van der Waals surface area contributed by atoms with Crippen LogP contribution in [0.1, 0.15) is 20.8 Å². The fourth-order valence-electron chi connectivity index (χ4n) is 1.24. The number of hydrogen-bond acceptors (Lipinski definition) is 2. The zero-order valence-corrected chi connectivity index (χ0v) is 11.9. The third kappa shape index (κ3) is 3.57. The summed E-state index contributed by atoms with van der Waals surface area (Å²) < 4.78 is 13.2. The molecule has 1 atom stereocenters. The van der Waals surface area contributed by atoms with E-state index in [1.54, 1.807) is 0 Å². The Morgan fingerprint density at radius 3 is 2.17 bits per heavy atom. The SMILES string of the molecule is CC(C)(C)[C@H](N)C(=O)Nc1cc(Cl)c(F)c(Cl)c1. The van der Waals surface area contributed by atoms with E-state index in [-0.39, 0.29) is 21.4 Å². The number of halogens is 3. The molecule has 3 N–H and O–H groups in total. The first-order valence-corrected chi connectivity index (χ1v) is 6.09. The first kappa shape index (κ1) is 15.2. The molecule has 0 saturated carbocycles. The van der Waals surface area contributed by atoms with Gasteiger partial charge in [0.15, 0.2) is 5.82 Å². The predicted molar refractivity (Wildman–Crippen MR) is 72.5 cm³/mol. The molecule has 100 valence electrons. The van der Waals surface area contributed by atoms with Gasteiger partial charge in [-0.1, -0.05) is 44.0 Å². The number of rotatable bonds is 2. The highest BCUT2D eigenvalue weighted by atomic mass is 35.5. The van der Waals surface area contributed by atoms with Gasteiger partial charge in [0.25, 0.3) is 0 Å². The van der Waals surface area contributed by atoms with Gasteiger partial charge in [0.05, 0.1) is 16.1 Å². The molecule has 1 rings (SSSR count). The van der Waals surface area contributed by atoms with Gasteiger partial charge in [-0.3, -0.25) is 4.79 Å². The second-order valence-corrected chi connectivity index (χ2v) is 5.90. The molecule has 1 aromatic carbocycles.